The van der Waals surface area contributed by atoms with E-state index in [4.69, 9.17) is 4.74 Å². The van der Waals surface area contributed by atoms with Crippen molar-refractivity contribution in [1.82, 2.24) is 15.5 Å². The summed E-state index contributed by atoms with van der Waals surface area (Å²) in [6.45, 7) is 11.7. The largest absolute Gasteiger partial charge is 0.376 e. The first-order chi connectivity index (χ1) is 10.8. The Hall–Kier alpha value is -0.0800. The van der Waals surface area contributed by atoms with E-state index in [2.05, 4.69) is 34.4 Å². The van der Waals surface area contributed by atoms with Crippen LogP contribution in [0.3, 0.4) is 0 Å². The number of halogens is 1. The van der Waals surface area contributed by atoms with Crippen molar-refractivity contribution in [3.63, 3.8) is 0 Å². The van der Waals surface area contributed by atoms with Crippen molar-refractivity contribution in [3.8, 4) is 0 Å². The van der Waals surface area contributed by atoms with Crippen LogP contribution in [0.15, 0.2) is 4.99 Å². The van der Waals surface area contributed by atoms with Crippen LogP contribution in [0.25, 0.3) is 0 Å². The first-order valence-electron chi connectivity index (χ1n) is 9.18. The minimum Gasteiger partial charge on any atom is -0.376 e. The molecule has 0 aliphatic carbocycles. The van der Waals surface area contributed by atoms with E-state index >= 15 is 0 Å². The van der Waals surface area contributed by atoms with E-state index < -0.39 is 0 Å². The van der Waals surface area contributed by atoms with E-state index in [1.165, 1.54) is 45.3 Å². The Morgan fingerprint density at radius 1 is 1.17 bits per heavy atom. The number of nitrogens with zero attached hydrogens (tertiary/aromatic N) is 2. The number of hydrogen-bond acceptors (Lipinski definition) is 3. The Morgan fingerprint density at radius 3 is 2.57 bits per heavy atom. The normalized spacial score (nSPS) is 23.6. The van der Waals surface area contributed by atoms with Gasteiger partial charge in [-0.05, 0) is 64.6 Å². The highest BCUT2D eigenvalue weighted by Gasteiger charge is 2.18. The van der Waals surface area contributed by atoms with Crippen molar-refractivity contribution in [3.05, 3.63) is 0 Å². The zero-order valence-corrected chi connectivity index (χ0v) is 17.2. The number of hydrogen-bond donors (Lipinski definition) is 2. The van der Waals surface area contributed by atoms with Gasteiger partial charge in [-0.3, -0.25) is 4.99 Å². The third-order valence-corrected chi connectivity index (χ3v) is 4.82. The molecule has 0 bridgehead atoms. The molecule has 2 aliphatic rings. The zero-order valence-electron chi connectivity index (χ0n) is 14.9. The Labute approximate surface area is 159 Å². The van der Waals surface area contributed by atoms with Gasteiger partial charge in [0.25, 0.3) is 0 Å². The Balaban J connectivity index is 0.00000264. The second-order valence-electron chi connectivity index (χ2n) is 6.45. The fraction of sp³-hybridized carbons (Fsp3) is 0.941. The monoisotopic (exact) mass is 438 g/mol. The van der Waals surface area contributed by atoms with E-state index in [1.54, 1.807) is 0 Å². The molecule has 23 heavy (non-hydrogen) atoms. The van der Waals surface area contributed by atoms with Crippen molar-refractivity contribution in [2.75, 3.05) is 45.9 Å². The molecular weight excluding hydrogens is 403 g/mol. The molecule has 0 aromatic carbocycles. The van der Waals surface area contributed by atoms with Gasteiger partial charge in [-0.25, -0.2) is 0 Å². The summed E-state index contributed by atoms with van der Waals surface area (Å²) in [4.78, 5) is 7.22. The number of aliphatic imine (C=N–C) groups is 1. The van der Waals surface area contributed by atoms with E-state index in [0.29, 0.717) is 6.10 Å². The highest BCUT2D eigenvalue weighted by atomic mass is 127. The summed E-state index contributed by atoms with van der Waals surface area (Å²) < 4.78 is 5.63. The molecular formula is C17H35IN4O. The second-order valence-corrected chi connectivity index (χ2v) is 6.45. The molecule has 2 aliphatic heterocycles. The molecule has 0 aromatic rings. The minimum atomic E-state index is 0. The van der Waals surface area contributed by atoms with Crippen LogP contribution in [0.5, 0.6) is 0 Å². The molecule has 1 atom stereocenters. The van der Waals surface area contributed by atoms with Crippen LogP contribution in [0.4, 0.5) is 0 Å². The van der Waals surface area contributed by atoms with Crippen LogP contribution in [0.1, 0.15) is 46.0 Å². The number of rotatable bonds is 7. The second kappa shape index (κ2) is 12.3. The van der Waals surface area contributed by atoms with Gasteiger partial charge in [0.1, 0.15) is 0 Å². The maximum Gasteiger partial charge on any atom is 0.191 e. The van der Waals surface area contributed by atoms with Gasteiger partial charge in [0, 0.05) is 19.7 Å². The van der Waals surface area contributed by atoms with Gasteiger partial charge in [0.2, 0.25) is 0 Å². The topological polar surface area (TPSA) is 48.9 Å². The SMILES string of the molecule is CCNC(=NCC1CCCO1)NCCC1CCN(CC)CC1.I. The van der Waals surface area contributed by atoms with Crippen LogP contribution in [0.2, 0.25) is 0 Å². The molecule has 136 valence electrons. The van der Waals surface area contributed by atoms with E-state index in [-0.39, 0.29) is 24.0 Å². The predicted octanol–water partition coefficient (Wildman–Crippen LogP) is 2.46. The minimum absolute atomic E-state index is 0. The molecule has 2 saturated heterocycles. The summed E-state index contributed by atoms with van der Waals surface area (Å²) >= 11 is 0. The summed E-state index contributed by atoms with van der Waals surface area (Å²) in [6.07, 6.45) is 6.61. The number of likely N-dealkylation sites (tertiary alicyclic amines) is 1. The molecule has 2 N–H and O–H groups in total. The molecule has 2 fully saturated rings. The lowest BCUT2D eigenvalue weighted by atomic mass is 9.93. The Kier molecular flexibility index (Phi) is 11.2. The highest BCUT2D eigenvalue weighted by molar-refractivity contribution is 14.0. The summed E-state index contributed by atoms with van der Waals surface area (Å²) in [5.41, 5.74) is 0. The van der Waals surface area contributed by atoms with Crippen molar-refractivity contribution < 1.29 is 4.74 Å². The highest BCUT2D eigenvalue weighted by Crippen LogP contribution is 2.19. The molecule has 0 aromatic heterocycles. The molecule has 0 radical (unpaired) electrons. The van der Waals surface area contributed by atoms with Crippen molar-refractivity contribution in [2.45, 2.75) is 52.1 Å². The number of guanidine groups is 1. The first kappa shape index (κ1) is 21.0. The lowest BCUT2D eigenvalue weighted by Gasteiger charge is -2.31. The summed E-state index contributed by atoms with van der Waals surface area (Å²) in [6, 6.07) is 0. The lowest BCUT2D eigenvalue weighted by Crippen LogP contribution is -2.40. The van der Waals surface area contributed by atoms with Crippen molar-refractivity contribution >= 4 is 29.9 Å². The predicted molar refractivity (Wildman–Crippen MR) is 108 cm³/mol. The molecule has 0 amide bonds. The third-order valence-electron chi connectivity index (χ3n) is 4.82. The van der Waals surface area contributed by atoms with Crippen LogP contribution >= 0.6 is 24.0 Å². The van der Waals surface area contributed by atoms with Crippen LogP contribution < -0.4 is 10.6 Å². The Bertz CT molecular complexity index is 327. The quantitative estimate of drug-likeness (QED) is 0.364. The van der Waals surface area contributed by atoms with Crippen LogP contribution in [-0.2, 0) is 4.74 Å². The summed E-state index contributed by atoms with van der Waals surface area (Å²) in [5.74, 6) is 1.82. The van der Waals surface area contributed by atoms with Gasteiger partial charge in [-0.15, -0.1) is 24.0 Å². The fourth-order valence-electron chi connectivity index (χ4n) is 3.31. The van der Waals surface area contributed by atoms with Gasteiger partial charge >= 0.3 is 0 Å². The average molecular weight is 438 g/mol. The van der Waals surface area contributed by atoms with Crippen molar-refractivity contribution in [2.24, 2.45) is 10.9 Å². The molecule has 2 heterocycles. The summed E-state index contributed by atoms with van der Waals surface area (Å²) in [5, 5.41) is 6.82. The van der Waals surface area contributed by atoms with E-state index in [1.807, 2.05) is 0 Å². The van der Waals surface area contributed by atoms with E-state index in [9.17, 15) is 0 Å². The molecule has 0 saturated carbocycles. The molecule has 2 rings (SSSR count). The van der Waals surface area contributed by atoms with Gasteiger partial charge in [0.15, 0.2) is 5.96 Å². The fourth-order valence-corrected chi connectivity index (χ4v) is 3.31. The molecule has 6 heteroatoms. The smallest absolute Gasteiger partial charge is 0.191 e. The summed E-state index contributed by atoms with van der Waals surface area (Å²) in [7, 11) is 0. The van der Waals surface area contributed by atoms with Crippen LogP contribution in [0, 0.1) is 5.92 Å². The number of piperidine rings is 1. The van der Waals surface area contributed by atoms with Gasteiger partial charge in [-0.2, -0.15) is 0 Å². The third kappa shape index (κ3) is 8.03. The standard InChI is InChI=1S/C17H34N4O.HI/c1-3-18-17(20-14-16-6-5-13-22-16)19-10-7-15-8-11-21(4-2)12-9-15;/h15-16H,3-14H2,1-2H3,(H2,18,19,20);1H. The van der Waals surface area contributed by atoms with Gasteiger partial charge in [0.05, 0.1) is 12.6 Å². The maximum atomic E-state index is 5.63. The first-order valence-corrected chi connectivity index (χ1v) is 9.18. The lowest BCUT2D eigenvalue weighted by molar-refractivity contribution is 0.117. The van der Waals surface area contributed by atoms with Gasteiger partial charge in [-0.1, -0.05) is 6.92 Å². The Morgan fingerprint density at radius 2 is 1.96 bits per heavy atom. The zero-order chi connectivity index (χ0) is 15.6. The molecule has 0 spiro atoms. The molecule has 1 unspecified atom stereocenters. The van der Waals surface area contributed by atoms with Crippen molar-refractivity contribution in [1.29, 1.82) is 0 Å². The van der Waals surface area contributed by atoms with Gasteiger partial charge < -0.3 is 20.3 Å². The maximum absolute atomic E-state index is 5.63. The molecule has 5 nitrogen and oxygen atoms in total. The average Bonchev–Trinajstić information content (AvgIpc) is 3.06. The number of ether oxygens (including phenoxy) is 1. The number of nitrogens with one attached hydrogen (secondary N) is 2. The van der Waals surface area contributed by atoms with Crippen LogP contribution in [-0.4, -0.2) is 62.8 Å². The van der Waals surface area contributed by atoms with E-state index in [0.717, 1.165) is 44.5 Å².